The monoisotopic (exact) mass is 663 g/mol. The number of carbonyl (C=O) groups is 2. The molecular weight excluding hydrogens is 629 g/mol. The van der Waals surface area contributed by atoms with E-state index in [0.29, 0.717) is 12.3 Å². The summed E-state index contributed by atoms with van der Waals surface area (Å²) in [5, 5.41) is 2.84. The lowest BCUT2D eigenvalue weighted by Crippen LogP contribution is -2.51. The molecule has 0 unspecified atom stereocenters. The van der Waals surface area contributed by atoms with Gasteiger partial charge in [0.2, 0.25) is 11.8 Å². The maximum absolute atomic E-state index is 14.0. The van der Waals surface area contributed by atoms with Crippen molar-refractivity contribution < 1.29 is 31.9 Å². The largest absolute Gasteiger partial charge is 0.493 e. The van der Waals surface area contributed by atoms with Gasteiger partial charge in [0.1, 0.15) is 18.4 Å². The second-order valence-electron chi connectivity index (χ2n) is 9.97. The van der Waals surface area contributed by atoms with Gasteiger partial charge in [-0.25, -0.2) is 12.8 Å². The van der Waals surface area contributed by atoms with Crippen molar-refractivity contribution in [1.29, 1.82) is 0 Å². The van der Waals surface area contributed by atoms with Gasteiger partial charge in [-0.3, -0.25) is 13.9 Å². The Labute approximate surface area is 254 Å². The third-order valence-corrected chi connectivity index (χ3v) is 8.75. The first-order chi connectivity index (χ1) is 19.9. The minimum atomic E-state index is -4.38. The van der Waals surface area contributed by atoms with E-state index in [4.69, 9.17) is 9.47 Å². The molecule has 3 aromatic carbocycles. The Morgan fingerprint density at radius 3 is 2.12 bits per heavy atom. The summed E-state index contributed by atoms with van der Waals surface area (Å²) in [6.45, 7) is 5.32. The normalized spacial score (nSPS) is 12.0. The number of hydrogen-bond acceptors (Lipinski definition) is 6. The van der Waals surface area contributed by atoms with Crippen LogP contribution in [-0.2, 0) is 26.2 Å². The quantitative estimate of drug-likeness (QED) is 0.276. The van der Waals surface area contributed by atoms with Crippen molar-refractivity contribution >= 4 is 43.5 Å². The van der Waals surface area contributed by atoms with Gasteiger partial charge in [0, 0.05) is 23.6 Å². The highest BCUT2D eigenvalue weighted by Crippen LogP contribution is 2.32. The van der Waals surface area contributed by atoms with E-state index < -0.39 is 34.3 Å². The molecule has 226 valence electrons. The van der Waals surface area contributed by atoms with E-state index in [-0.39, 0.29) is 34.7 Å². The SMILES string of the molecule is COc1ccc(S(=O)(=O)N(CC(=O)N(Cc2ccc(Br)cc2)[C@H](C)C(=O)NCC(C)C)c2ccc(F)cc2)cc1OC. The van der Waals surface area contributed by atoms with Crippen LogP contribution >= 0.6 is 15.9 Å². The van der Waals surface area contributed by atoms with Crippen LogP contribution in [0.1, 0.15) is 26.3 Å². The molecule has 0 spiro atoms. The molecule has 0 aromatic heterocycles. The number of ether oxygens (including phenoxy) is 2. The molecule has 1 N–H and O–H groups in total. The van der Waals surface area contributed by atoms with Crippen LogP contribution in [0.2, 0.25) is 0 Å². The zero-order valence-electron chi connectivity index (χ0n) is 24.1. The van der Waals surface area contributed by atoms with Crippen LogP contribution in [0.4, 0.5) is 10.1 Å². The first-order valence-electron chi connectivity index (χ1n) is 13.2. The molecule has 0 bridgehead atoms. The Hall–Kier alpha value is -3.64. The smallest absolute Gasteiger partial charge is 0.264 e. The minimum absolute atomic E-state index is 0.0516. The van der Waals surface area contributed by atoms with Crippen molar-refractivity contribution in [3.63, 3.8) is 0 Å². The van der Waals surface area contributed by atoms with Gasteiger partial charge in [-0.15, -0.1) is 0 Å². The number of amides is 2. The second-order valence-corrected chi connectivity index (χ2v) is 12.7. The van der Waals surface area contributed by atoms with Crippen molar-refractivity contribution in [2.75, 3.05) is 31.6 Å². The van der Waals surface area contributed by atoms with Gasteiger partial charge in [0.05, 0.1) is 24.8 Å². The zero-order chi connectivity index (χ0) is 31.0. The molecule has 2 amide bonds. The van der Waals surface area contributed by atoms with Gasteiger partial charge < -0.3 is 19.7 Å². The van der Waals surface area contributed by atoms with E-state index in [2.05, 4.69) is 21.2 Å². The van der Waals surface area contributed by atoms with Gasteiger partial charge in [0.25, 0.3) is 10.0 Å². The Bertz CT molecular complexity index is 1480. The standard InChI is InChI=1S/C30H35BrFN3O6S/c1-20(2)17-33-30(37)21(3)34(18-22-6-8-23(31)9-7-22)29(36)19-35(25-12-10-24(32)11-13-25)42(38,39)26-14-15-27(40-4)28(16-26)41-5/h6-16,20-21H,17-19H2,1-5H3,(H,33,37)/t21-/m1/s1. The van der Waals surface area contributed by atoms with Crippen LogP contribution < -0.4 is 19.1 Å². The fraction of sp³-hybridized carbons (Fsp3) is 0.333. The van der Waals surface area contributed by atoms with E-state index in [0.717, 1.165) is 26.5 Å². The van der Waals surface area contributed by atoms with Crippen LogP contribution in [0.15, 0.2) is 76.1 Å². The number of methoxy groups -OCH3 is 2. The van der Waals surface area contributed by atoms with Crippen LogP contribution in [0.3, 0.4) is 0 Å². The molecule has 1 atom stereocenters. The number of benzene rings is 3. The number of carbonyl (C=O) groups excluding carboxylic acids is 2. The summed E-state index contributed by atoms with van der Waals surface area (Å²) < 4.78 is 54.1. The van der Waals surface area contributed by atoms with Crippen molar-refractivity contribution in [2.45, 2.75) is 38.3 Å². The van der Waals surface area contributed by atoms with Crippen molar-refractivity contribution in [3.05, 3.63) is 82.6 Å². The molecule has 0 fully saturated rings. The van der Waals surface area contributed by atoms with Crippen LogP contribution in [0.5, 0.6) is 11.5 Å². The minimum Gasteiger partial charge on any atom is -0.493 e. The number of sulfonamides is 1. The highest BCUT2D eigenvalue weighted by Gasteiger charge is 2.33. The summed E-state index contributed by atoms with van der Waals surface area (Å²) in [5.74, 6) is -0.874. The summed E-state index contributed by atoms with van der Waals surface area (Å²) >= 11 is 3.39. The maximum atomic E-state index is 14.0. The number of hydrogen-bond donors (Lipinski definition) is 1. The van der Waals surface area contributed by atoms with E-state index in [1.165, 1.54) is 49.5 Å². The second kappa shape index (κ2) is 14.5. The summed E-state index contributed by atoms with van der Waals surface area (Å²) in [7, 11) is -1.58. The highest BCUT2D eigenvalue weighted by molar-refractivity contribution is 9.10. The summed E-state index contributed by atoms with van der Waals surface area (Å²) in [5.41, 5.74) is 0.811. The van der Waals surface area contributed by atoms with Crippen molar-refractivity contribution in [2.24, 2.45) is 5.92 Å². The maximum Gasteiger partial charge on any atom is 0.264 e. The molecule has 9 nitrogen and oxygen atoms in total. The zero-order valence-corrected chi connectivity index (χ0v) is 26.5. The molecule has 0 aliphatic heterocycles. The fourth-order valence-corrected chi connectivity index (χ4v) is 5.76. The van der Waals surface area contributed by atoms with Crippen LogP contribution in [0, 0.1) is 11.7 Å². The number of anilines is 1. The summed E-state index contributed by atoms with van der Waals surface area (Å²) in [6, 6.07) is 15.2. The van der Waals surface area contributed by atoms with Gasteiger partial charge >= 0.3 is 0 Å². The molecule has 0 heterocycles. The lowest BCUT2D eigenvalue weighted by molar-refractivity contribution is -0.139. The fourth-order valence-electron chi connectivity index (χ4n) is 4.06. The molecule has 3 rings (SSSR count). The Morgan fingerprint density at radius 1 is 0.929 bits per heavy atom. The number of halogens is 2. The number of nitrogens with zero attached hydrogens (tertiary/aromatic N) is 2. The molecular formula is C30H35BrFN3O6S. The molecule has 3 aromatic rings. The summed E-state index contributed by atoms with van der Waals surface area (Å²) in [6.07, 6.45) is 0. The van der Waals surface area contributed by atoms with Gasteiger partial charge in [-0.05, 0) is 66.9 Å². The third kappa shape index (κ3) is 8.22. The highest BCUT2D eigenvalue weighted by atomic mass is 79.9. The molecule has 0 aliphatic rings. The van der Waals surface area contributed by atoms with Crippen LogP contribution in [0.25, 0.3) is 0 Å². The Balaban J connectivity index is 2.04. The van der Waals surface area contributed by atoms with Crippen molar-refractivity contribution in [3.8, 4) is 11.5 Å². The number of nitrogens with one attached hydrogen (secondary N) is 1. The molecule has 12 heteroatoms. The van der Waals surface area contributed by atoms with Crippen LogP contribution in [-0.4, -0.2) is 58.5 Å². The average molecular weight is 665 g/mol. The van der Waals surface area contributed by atoms with Gasteiger partial charge in [0.15, 0.2) is 11.5 Å². The Kier molecular flexibility index (Phi) is 11.3. The first kappa shape index (κ1) is 32.9. The van der Waals surface area contributed by atoms with Gasteiger partial charge in [-0.2, -0.15) is 0 Å². The molecule has 0 saturated heterocycles. The lowest BCUT2D eigenvalue weighted by Gasteiger charge is -2.32. The van der Waals surface area contributed by atoms with E-state index in [1.807, 2.05) is 26.0 Å². The van der Waals surface area contributed by atoms with Gasteiger partial charge in [-0.1, -0.05) is 41.9 Å². The molecule has 0 radical (unpaired) electrons. The van der Waals surface area contributed by atoms with E-state index in [9.17, 15) is 22.4 Å². The predicted molar refractivity (Wildman–Crippen MR) is 162 cm³/mol. The predicted octanol–water partition coefficient (Wildman–Crippen LogP) is 4.99. The topological polar surface area (TPSA) is 105 Å². The first-order valence-corrected chi connectivity index (χ1v) is 15.4. The number of rotatable bonds is 13. The molecule has 0 saturated carbocycles. The van der Waals surface area contributed by atoms with E-state index in [1.54, 1.807) is 19.1 Å². The lowest BCUT2D eigenvalue weighted by atomic mass is 10.1. The molecule has 0 aliphatic carbocycles. The summed E-state index contributed by atoms with van der Waals surface area (Å²) in [4.78, 5) is 28.2. The molecule has 42 heavy (non-hydrogen) atoms. The van der Waals surface area contributed by atoms with E-state index >= 15 is 0 Å². The average Bonchev–Trinajstić information content (AvgIpc) is 2.97. The Morgan fingerprint density at radius 2 is 1.55 bits per heavy atom. The third-order valence-electron chi connectivity index (χ3n) is 6.45. The van der Waals surface area contributed by atoms with Crippen molar-refractivity contribution in [1.82, 2.24) is 10.2 Å².